The molecule has 2 nitrogen and oxygen atoms in total. The Balaban J connectivity index is 3.05. The van der Waals surface area contributed by atoms with Crippen LogP contribution in [0.1, 0.15) is 11.1 Å². The predicted molar refractivity (Wildman–Crippen MR) is 55.8 cm³/mol. The van der Waals surface area contributed by atoms with Crippen molar-refractivity contribution in [2.24, 2.45) is 0 Å². The van der Waals surface area contributed by atoms with Crippen LogP contribution in [0, 0.1) is 0 Å². The highest BCUT2D eigenvalue weighted by atomic mass is 79.9. The predicted octanol–water partition coefficient (Wildman–Crippen LogP) is 3.57. The van der Waals surface area contributed by atoms with Gasteiger partial charge in [-0.1, -0.05) is 22.0 Å². The van der Waals surface area contributed by atoms with Crippen molar-refractivity contribution in [2.45, 2.75) is 6.18 Å². The van der Waals surface area contributed by atoms with E-state index < -0.39 is 17.7 Å². The molecule has 0 radical (unpaired) electrons. The van der Waals surface area contributed by atoms with E-state index in [-0.39, 0.29) is 4.47 Å². The second-order valence-electron chi connectivity index (χ2n) is 2.91. The number of carbonyl (C=O) groups is 1. The van der Waals surface area contributed by atoms with Crippen LogP contribution in [0.4, 0.5) is 13.2 Å². The maximum absolute atomic E-state index is 12.3. The fourth-order valence-electron chi connectivity index (χ4n) is 1.000. The maximum atomic E-state index is 12.3. The number of benzene rings is 1. The van der Waals surface area contributed by atoms with Crippen LogP contribution in [-0.2, 0) is 11.0 Å². The Morgan fingerprint density at radius 1 is 1.38 bits per heavy atom. The van der Waals surface area contributed by atoms with Crippen LogP contribution in [-0.4, -0.2) is 11.1 Å². The topological polar surface area (TPSA) is 37.3 Å². The minimum atomic E-state index is -4.41. The SMILES string of the molecule is O=C(O)C=Cc1ccc(C(F)(F)F)cc1Br. The van der Waals surface area contributed by atoms with Crippen LogP contribution in [0.3, 0.4) is 0 Å². The van der Waals surface area contributed by atoms with Crippen LogP contribution in [0.25, 0.3) is 6.08 Å². The molecule has 6 heteroatoms. The fourth-order valence-corrected chi connectivity index (χ4v) is 1.51. The molecule has 0 aliphatic heterocycles. The molecule has 1 rings (SSSR count). The minimum Gasteiger partial charge on any atom is -0.478 e. The lowest BCUT2D eigenvalue weighted by Gasteiger charge is -2.07. The van der Waals surface area contributed by atoms with Crippen molar-refractivity contribution < 1.29 is 23.1 Å². The lowest BCUT2D eigenvalue weighted by Crippen LogP contribution is -2.04. The maximum Gasteiger partial charge on any atom is 0.416 e. The van der Waals surface area contributed by atoms with Gasteiger partial charge in [0.2, 0.25) is 0 Å². The van der Waals surface area contributed by atoms with Gasteiger partial charge in [-0.3, -0.25) is 0 Å². The Hall–Kier alpha value is -1.30. The zero-order valence-corrected chi connectivity index (χ0v) is 9.34. The lowest BCUT2D eigenvalue weighted by molar-refractivity contribution is -0.137. The fraction of sp³-hybridized carbons (Fsp3) is 0.100. The first-order valence-electron chi connectivity index (χ1n) is 4.08. The van der Waals surface area contributed by atoms with E-state index in [9.17, 15) is 18.0 Å². The molecule has 0 amide bonds. The van der Waals surface area contributed by atoms with Crippen molar-refractivity contribution in [3.05, 3.63) is 39.9 Å². The Kier molecular flexibility index (Phi) is 3.74. The van der Waals surface area contributed by atoms with Crippen LogP contribution in [0.5, 0.6) is 0 Å². The zero-order chi connectivity index (χ0) is 12.3. The largest absolute Gasteiger partial charge is 0.478 e. The van der Waals surface area contributed by atoms with Gasteiger partial charge in [0, 0.05) is 10.5 Å². The molecular formula is C10H6BrF3O2. The van der Waals surface area contributed by atoms with Crippen molar-refractivity contribution in [1.29, 1.82) is 0 Å². The molecule has 0 aliphatic rings. The molecule has 0 saturated carbocycles. The van der Waals surface area contributed by atoms with E-state index in [1.165, 1.54) is 12.1 Å². The monoisotopic (exact) mass is 294 g/mol. The summed E-state index contributed by atoms with van der Waals surface area (Å²) >= 11 is 2.95. The standard InChI is InChI=1S/C10H6BrF3O2/c11-8-5-7(10(12,13)14)3-1-6(8)2-4-9(15)16/h1-5H,(H,15,16). The highest BCUT2D eigenvalue weighted by Crippen LogP contribution is 2.32. The number of hydrogen-bond acceptors (Lipinski definition) is 1. The molecule has 0 saturated heterocycles. The van der Waals surface area contributed by atoms with E-state index in [1.807, 2.05) is 0 Å². The van der Waals surface area contributed by atoms with Crippen molar-refractivity contribution in [3.8, 4) is 0 Å². The second kappa shape index (κ2) is 4.69. The van der Waals surface area contributed by atoms with Crippen molar-refractivity contribution in [2.75, 3.05) is 0 Å². The number of carboxylic acids is 1. The van der Waals surface area contributed by atoms with Crippen molar-refractivity contribution in [3.63, 3.8) is 0 Å². The van der Waals surface area contributed by atoms with Gasteiger partial charge in [0.25, 0.3) is 0 Å². The summed E-state index contributed by atoms with van der Waals surface area (Å²) in [7, 11) is 0. The van der Waals surface area contributed by atoms with Gasteiger partial charge >= 0.3 is 12.1 Å². The summed E-state index contributed by atoms with van der Waals surface area (Å²) in [5, 5.41) is 8.37. The normalized spacial score (nSPS) is 12.0. The highest BCUT2D eigenvalue weighted by molar-refractivity contribution is 9.10. The number of hydrogen-bond donors (Lipinski definition) is 1. The summed E-state index contributed by atoms with van der Waals surface area (Å²) in [5.74, 6) is -1.16. The quantitative estimate of drug-likeness (QED) is 0.847. The number of halogens is 4. The first-order valence-corrected chi connectivity index (χ1v) is 4.88. The molecule has 1 aromatic rings. The number of carboxylic acid groups (broad SMARTS) is 1. The van der Waals surface area contributed by atoms with Gasteiger partial charge in [-0.2, -0.15) is 13.2 Å². The average Bonchev–Trinajstić information content (AvgIpc) is 2.14. The molecule has 0 aromatic heterocycles. The summed E-state index contributed by atoms with van der Waals surface area (Å²) in [6, 6.07) is 3.00. The first-order chi connectivity index (χ1) is 7.30. The number of alkyl halides is 3. The van der Waals surface area contributed by atoms with Gasteiger partial charge in [0.05, 0.1) is 5.56 Å². The molecule has 0 bridgehead atoms. The third-order valence-corrected chi connectivity index (χ3v) is 2.42. The van der Waals surface area contributed by atoms with Crippen molar-refractivity contribution in [1.82, 2.24) is 0 Å². The molecule has 0 aliphatic carbocycles. The van der Waals surface area contributed by atoms with Crippen LogP contribution < -0.4 is 0 Å². The summed E-state index contributed by atoms with van der Waals surface area (Å²) < 4.78 is 37.0. The molecule has 0 fully saturated rings. The molecule has 16 heavy (non-hydrogen) atoms. The van der Waals surface area contributed by atoms with Gasteiger partial charge in [-0.05, 0) is 23.8 Å². The summed E-state index contributed by atoms with van der Waals surface area (Å²) in [5.41, 5.74) is -0.415. The van der Waals surface area contributed by atoms with Gasteiger partial charge in [0.15, 0.2) is 0 Å². The molecule has 86 valence electrons. The van der Waals surface area contributed by atoms with Gasteiger partial charge in [-0.15, -0.1) is 0 Å². The number of aliphatic carboxylic acids is 1. The minimum absolute atomic E-state index is 0.194. The number of rotatable bonds is 2. The highest BCUT2D eigenvalue weighted by Gasteiger charge is 2.30. The second-order valence-corrected chi connectivity index (χ2v) is 3.76. The van der Waals surface area contributed by atoms with Gasteiger partial charge < -0.3 is 5.11 Å². The third kappa shape index (κ3) is 3.37. The summed E-state index contributed by atoms with van der Waals surface area (Å²) in [6.45, 7) is 0. The molecule has 0 spiro atoms. The lowest BCUT2D eigenvalue weighted by atomic mass is 10.1. The smallest absolute Gasteiger partial charge is 0.416 e. The van der Waals surface area contributed by atoms with E-state index in [0.29, 0.717) is 5.56 Å². The average molecular weight is 295 g/mol. The Bertz CT molecular complexity index is 438. The molecule has 1 N–H and O–H groups in total. The molecule has 0 unspecified atom stereocenters. The Morgan fingerprint density at radius 3 is 2.44 bits per heavy atom. The van der Waals surface area contributed by atoms with Crippen LogP contribution in [0.2, 0.25) is 0 Å². The molecule has 0 atom stereocenters. The Labute approximate surface area is 97.5 Å². The van der Waals surface area contributed by atoms with E-state index in [1.54, 1.807) is 0 Å². The van der Waals surface area contributed by atoms with E-state index in [0.717, 1.165) is 18.2 Å². The van der Waals surface area contributed by atoms with E-state index >= 15 is 0 Å². The first kappa shape index (κ1) is 12.8. The third-order valence-electron chi connectivity index (χ3n) is 1.73. The van der Waals surface area contributed by atoms with Crippen molar-refractivity contribution >= 4 is 28.0 Å². The Morgan fingerprint density at radius 2 is 2.00 bits per heavy atom. The van der Waals surface area contributed by atoms with Gasteiger partial charge in [0.1, 0.15) is 0 Å². The summed E-state index contributed by atoms with van der Waals surface area (Å²) in [6.07, 6.45) is -2.34. The molecule has 1 aromatic carbocycles. The van der Waals surface area contributed by atoms with Gasteiger partial charge in [-0.25, -0.2) is 4.79 Å². The summed E-state index contributed by atoms with van der Waals surface area (Å²) in [4.78, 5) is 10.2. The van der Waals surface area contributed by atoms with Crippen LogP contribution >= 0.6 is 15.9 Å². The van der Waals surface area contributed by atoms with E-state index in [4.69, 9.17) is 5.11 Å². The zero-order valence-electron chi connectivity index (χ0n) is 7.75. The van der Waals surface area contributed by atoms with Crippen LogP contribution in [0.15, 0.2) is 28.7 Å². The van der Waals surface area contributed by atoms with E-state index in [2.05, 4.69) is 15.9 Å². The molecule has 0 heterocycles. The molecular weight excluding hydrogens is 289 g/mol.